The van der Waals surface area contributed by atoms with Gasteiger partial charge in [0.15, 0.2) is 0 Å². The van der Waals surface area contributed by atoms with Crippen molar-refractivity contribution in [3.8, 4) is 11.1 Å². The normalized spacial score (nSPS) is 13.8. The number of anilines is 2. The third-order valence-electron chi connectivity index (χ3n) is 5.41. The van der Waals surface area contributed by atoms with Gasteiger partial charge in [0.05, 0.1) is 5.52 Å². The molecule has 3 heterocycles. The lowest BCUT2D eigenvalue weighted by Crippen LogP contribution is -2.46. The minimum absolute atomic E-state index is 0.0366. The molecule has 2 aromatic heterocycles. The van der Waals surface area contributed by atoms with Crippen molar-refractivity contribution in [1.82, 2.24) is 25.2 Å². The summed E-state index contributed by atoms with van der Waals surface area (Å²) in [6, 6.07) is 13.6. The molecule has 0 spiro atoms. The molecule has 1 aliphatic rings. The lowest BCUT2D eigenvalue weighted by molar-refractivity contribution is 0.0736. The average molecular weight is 428 g/mol. The number of amides is 1. The van der Waals surface area contributed by atoms with Crippen LogP contribution in [-0.2, 0) is 0 Å². The van der Waals surface area contributed by atoms with Crippen LogP contribution in [0.3, 0.4) is 0 Å². The lowest BCUT2D eigenvalue weighted by Gasteiger charge is -2.28. The topological polar surface area (TPSA) is 83.0 Å². The maximum atomic E-state index is 13.5. The molecule has 5 rings (SSSR count). The maximum Gasteiger partial charge on any atom is 0.254 e. The van der Waals surface area contributed by atoms with Crippen molar-refractivity contribution in [2.24, 2.45) is 0 Å². The number of carbonyl (C=O) groups is 1. The Balaban J connectivity index is 1.58. The minimum atomic E-state index is -0.346. The SMILES string of the molecule is O=C(c1cc2nc(Nc3cccc(F)c3)ncc2cc1-c1cccnc1)N1CCNCC1. The largest absolute Gasteiger partial charge is 0.336 e. The number of hydrogen-bond donors (Lipinski definition) is 2. The fourth-order valence-electron chi connectivity index (χ4n) is 3.81. The number of hydrogen-bond acceptors (Lipinski definition) is 6. The molecule has 4 aromatic rings. The summed E-state index contributed by atoms with van der Waals surface area (Å²) in [5.74, 6) is -0.0517. The molecule has 8 heteroatoms. The highest BCUT2D eigenvalue weighted by molar-refractivity contribution is 6.05. The van der Waals surface area contributed by atoms with E-state index in [1.165, 1.54) is 12.1 Å². The van der Waals surface area contributed by atoms with Gasteiger partial charge in [-0.05, 0) is 42.0 Å². The fraction of sp³-hybridized carbons (Fsp3) is 0.167. The van der Waals surface area contributed by atoms with E-state index in [0.717, 1.165) is 29.6 Å². The molecular weight excluding hydrogens is 407 g/mol. The summed E-state index contributed by atoms with van der Waals surface area (Å²) >= 11 is 0. The maximum absolute atomic E-state index is 13.5. The number of benzene rings is 2. The number of pyridine rings is 1. The molecule has 32 heavy (non-hydrogen) atoms. The Labute approximate surface area is 184 Å². The van der Waals surface area contributed by atoms with Gasteiger partial charge in [-0.2, -0.15) is 0 Å². The second-order valence-electron chi connectivity index (χ2n) is 7.57. The molecule has 1 amide bonds. The molecular formula is C24H21FN6O. The van der Waals surface area contributed by atoms with E-state index in [4.69, 9.17) is 0 Å². The molecule has 1 aliphatic heterocycles. The van der Waals surface area contributed by atoms with Crippen molar-refractivity contribution in [1.29, 1.82) is 0 Å². The highest BCUT2D eigenvalue weighted by Gasteiger charge is 2.22. The first-order valence-electron chi connectivity index (χ1n) is 10.4. The van der Waals surface area contributed by atoms with Crippen LogP contribution in [0.15, 0.2) is 67.1 Å². The third-order valence-corrected chi connectivity index (χ3v) is 5.41. The molecule has 0 radical (unpaired) electrons. The molecule has 1 fully saturated rings. The zero-order valence-electron chi connectivity index (χ0n) is 17.3. The van der Waals surface area contributed by atoms with E-state index < -0.39 is 0 Å². The molecule has 0 saturated carbocycles. The number of nitrogens with one attached hydrogen (secondary N) is 2. The smallest absolute Gasteiger partial charge is 0.254 e. The first-order valence-corrected chi connectivity index (χ1v) is 10.4. The predicted octanol–water partition coefficient (Wildman–Crippen LogP) is 3.62. The minimum Gasteiger partial charge on any atom is -0.336 e. The van der Waals surface area contributed by atoms with Gasteiger partial charge in [0.2, 0.25) is 5.95 Å². The van der Waals surface area contributed by atoms with Gasteiger partial charge in [-0.1, -0.05) is 12.1 Å². The second-order valence-corrected chi connectivity index (χ2v) is 7.57. The number of piperazine rings is 1. The summed E-state index contributed by atoms with van der Waals surface area (Å²) < 4.78 is 13.5. The van der Waals surface area contributed by atoms with Gasteiger partial charge in [-0.25, -0.2) is 14.4 Å². The third kappa shape index (κ3) is 4.13. The van der Waals surface area contributed by atoms with Crippen molar-refractivity contribution in [2.45, 2.75) is 0 Å². The number of halogens is 1. The second kappa shape index (κ2) is 8.68. The summed E-state index contributed by atoms with van der Waals surface area (Å²) in [4.78, 5) is 28.4. The Bertz CT molecular complexity index is 1270. The Kier molecular flexibility index (Phi) is 5.43. The van der Waals surface area contributed by atoms with Crippen molar-refractivity contribution in [2.75, 3.05) is 31.5 Å². The van der Waals surface area contributed by atoms with E-state index in [2.05, 4.69) is 25.6 Å². The predicted molar refractivity (Wildman–Crippen MR) is 121 cm³/mol. The molecule has 2 N–H and O–H groups in total. The highest BCUT2D eigenvalue weighted by Crippen LogP contribution is 2.29. The van der Waals surface area contributed by atoms with E-state index in [9.17, 15) is 9.18 Å². The quantitative estimate of drug-likeness (QED) is 0.517. The van der Waals surface area contributed by atoms with Crippen LogP contribution >= 0.6 is 0 Å². The standard InChI is InChI=1S/C24H21FN6O/c25-18-4-1-5-19(12-18)29-24-28-15-17-11-20(16-3-2-6-27-14-16)21(13-22(17)30-24)23(32)31-9-7-26-8-10-31/h1-6,11-15,26H,7-10H2,(H,28,29,30). The van der Waals surface area contributed by atoms with Crippen LogP contribution in [0.25, 0.3) is 22.0 Å². The summed E-state index contributed by atoms with van der Waals surface area (Å²) in [5.41, 5.74) is 3.40. The Morgan fingerprint density at radius 1 is 1.06 bits per heavy atom. The lowest BCUT2D eigenvalue weighted by atomic mass is 9.97. The Morgan fingerprint density at radius 3 is 2.72 bits per heavy atom. The number of carbonyl (C=O) groups excluding carboxylic acids is 1. The van der Waals surface area contributed by atoms with Crippen molar-refractivity contribution in [3.05, 3.63) is 78.5 Å². The summed E-state index contributed by atoms with van der Waals surface area (Å²) in [5, 5.41) is 7.09. The molecule has 7 nitrogen and oxygen atoms in total. The van der Waals surface area contributed by atoms with E-state index in [1.807, 2.05) is 23.1 Å². The Morgan fingerprint density at radius 2 is 1.94 bits per heavy atom. The molecule has 0 unspecified atom stereocenters. The average Bonchev–Trinajstić information content (AvgIpc) is 2.84. The number of fused-ring (bicyclic) bond motifs is 1. The number of rotatable bonds is 4. The van der Waals surface area contributed by atoms with Gasteiger partial charge in [0.1, 0.15) is 5.82 Å². The van der Waals surface area contributed by atoms with Gasteiger partial charge in [-0.15, -0.1) is 0 Å². The van der Waals surface area contributed by atoms with Crippen molar-refractivity contribution < 1.29 is 9.18 Å². The number of nitrogens with zero attached hydrogens (tertiary/aromatic N) is 4. The monoisotopic (exact) mass is 428 g/mol. The van der Waals surface area contributed by atoms with E-state index in [0.29, 0.717) is 35.8 Å². The zero-order valence-corrected chi connectivity index (χ0v) is 17.3. The summed E-state index contributed by atoms with van der Waals surface area (Å²) in [6.45, 7) is 2.84. The van der Waals surface area contributed by atoms with Crippen LogP contribution in [0.2, 0.25) is 0 Å². The van der Waals surface area contributed by atoms with Crippen molar-refractivity contribution in [3.63, 3.8) is 0 Å². The first-order chi connectivity index (χ1) is 15.7. The van der Waals surface area contributed by atoms with E-state index in [1.54, 1.807) is 36.8 Å². The summed E-state index contributed by atoms with van der Waals surface area (Å²) in [6.07, 6.45) is 5.15. The number of aromatic nitrogens is 3. The van der Waals surface area contributed by atoms with E-state index in [-0.39, 0.29) is 11.7 Å². The van der Waals surface area contributed by atoms with E-state index >= 15 is 0 Å². The van der Waals surface area contributed by atoms with Gasteiger partial charge >= 0.3 is 0 Å². The molecule has 2 aromatic carbocycles. The molecule has 0 aliphatic carbocycles. The van der Waals surface area contributed by atoms with Crippen LogP contribution in [0.5, 0.6) is 0 Å². The van der Waals surface area contributed by atoms with Crippen LogP contribution < -0.4 is 10.6 Å². The van der Waals surface area contributed by atoms with Crippen LogP contribution in [0.1, 0.15) is 10.4 Å². The molecule has 160 valence electrons. The zero-order chi connectivity index (χ0) is 21.9. The van der Waals surface area contributed by atoms with Gasteiger partial charge in [0.25, 0.3) is 5.91 Å². The van der Waals surface area contributed by atoms with Crippen molar-refractivity contribution >= 4 is 28.4 Å². The van der Waals surface area contributed by atoms with Crippen LogP contribution in [-0.4, -0.2) is 51.9 Å². The molecule has 0 atom stereocenters. The van der Waals surface area contributed by atoms with Gasteiger partial charge in [-0.3, -0.25) is 9.78 Å². The van der Waals surface area contributed by atoms with Crippen LogP contribution in [0.4, 0.5) is 16.0 Å². The fourth-order valence-corrected chi connectivity index (χ4v) is 3.81. The summed E-state index contributed by atoms with van der Waals surface area (Å²) in [7, 11) is 0. The first kappa shape index (κ1) is 20.0. The Hall–Kier alpha value is -3.91. The van der Waals surface area contributed by atoms with Gasteiger partial charge < -0.3 is 15.5 Å². The van der Waals surface area contributed by atoms with Gasteiger partial charge in [0, 0.05) is 67.0 Å². The highest BCUT2D eigenvalue weighted by atomic mass is 19.1. The molecule has 0 bridgehead atoms. The van der Waals surface area contributed by atoms with Crippen LogP contribution in [0, 0.1) is 5.82 Å². The molecule has 1 saturated heterocycles.